The Labute approximate surface area is 125 Å². The minimum Gasteiger partial charge on any atom is -0.365 e. The Hall–Kier alpha value is -1.62. The highest BCUT2D eigenvalue weighted by Gasteiger charge is 2.25. The zero-order chi connectivity index (χ0) is 14.8. The third-order valence-corrected chi connectivity index (χ3v) is 4.70. The van der Waals surface area contributed by atoms with E-state index in [-0.39, 0.29) is 5.91 Å². The highest BCUT2D eigenvalue weighted by molar-refractivity contribution is 5.98. The quantitative estimate of drug-likeness (QED) is 0.878. The molecule has 2 aliphatic rings. The minimum atomic E-state index is -0.374. The van der Waals surface area contributed by atoms with Crippen LogP contribution in [0.25, 0.3) is 0 Å². The zero-order valence-corrected chi connectivity index (χ0v) is 12.7. The van der Waals surface area contributed by atoms with Gasteiger partial charge in [0.05, 0.1) is 5.56 Å². The van der Waals surface area contributed by atoms with Gasteiger partial charge in [0.25, 0.3) is 5.91 Å². The van der Waals surface area contributed by atoms with Gasteiger partial charge in [-0.25, -0.2) is 4.98 Å². The van der Waals surface area contributed by atoms with Crippen LogP contribution in [0.1, 0.15) is 47.3 Å². The maximum atomic E-state index is 11.8. The highest BCUT2D eigenvalue weighted by atomic mass is 16.1. The Morgan fingerprint density at radius 2 is 2.19 bits per heavy atom. The Morgan fingerprint density at radius 3 is 2.90 bits per heavy atom. The van der Waals surface area contributed by atoms with Gasteiger partial charge in [-0.1, -0.05) is 0 Å². The van der Waals surface area contributed by atoms with Gasteiger partial charge < -0.3 is 16.0 Å². The molecule has 0 saturated carbocycles. The first-order valence-corrected chi connectivity index (χ1v) is 7.93. The first kappa shape index (κ1) is 14.3. The van der Waals surface area contributed by atoms with Gasteiger partial charge in [0.1, 0.15) is 5.82 Å². The fraction of sp³-hybridized carbons (Fsp3) is 0.625. The molecule has 1 unspecified atom stereocenters. The van der Waals surface area contributed by atoms with Crippen LogP contribution in [-0.4, -0.2) is 37.1 Å². The second kappa shape index (κ2) is 6.02. The summed E-state index contributed by atoms with van der Waals surface area (Å²) in [6.07, 6.45) is 6.67. The van der Waals surface area contributed by atoms with Crippen LogP contribution >= 0.6 is 0 Å². The van der Waals surface area contributed by atoms with Gasteiger partial charge in [0.2, 0.25) is 0 Å². The Kier molecular flexibility index (Phi) is 4.10. The standard InChI is InChI=1S/C16H24N4O/c1-20(12-6-4-8-18-10-12)16-13(15(17)21)9-11-5-2-3-7-14(11)19-16/h9,12,18H,2-8,10H2,1H3,(H2,17,21). The molecule has 5 heteroatoms. The number of pyridine rings is 1. The predicted molar refractivity (Wildman–Crippen MR) is 83.7 cm³/mol. The van der Waals surface area contributed by atoms with Crippen LogP contribution in [-0.2, 0) is 12.8 Å². The second-order valence-corrected chi connectivity index (χ2v) is 6.15. The summed E-state index contributed by atoms with van der Waals surface area (Å²) in [6.45, 7) is 2.01. The van der Waals surface area contributed by atoms with Gasteiger partial charge in [-0.05, 0) is 56.7 Å². The van der Waals surface area contributed by atoms with Crippen LogP contribution in [0.15, 0.2) is 6.07 Å². The molecular weight excluding hydrogens is 264 g/mol. The number of nitrogens with one attached hydrogen (secondary N) is 1. The van der Waals surface area contributed by atoms with Crippen molar-refractivity contribution in [3.63, 3.8) is 0 Å². The van der Waals surface area contributed by atoms with E-state index in [9.17, 15) is 4.79 Å². The summed E-state index contributed by atoms with van der Waals surface area (Å²) in [5.74, 6) is 0.387. The first-order chi connectivity index (χ1) is 10.2. The fourth-order valence-corrected chi connectivity index (χ4v) is 3.41. The number of carbonyl (C=O) groups is 1. The predicted octanol–water partition coefficient (Wildman–Crippen LogP) is 1.25. The number of carbonyl (C=O) groups excluding carboxylic acids is 1. The molecule has 0 radical (unpaired) electrons. The lowest BCUT2D eigenvalue weighted by atomic mass is 9.94. The first-order valence-electron chi connectivity index (χ1n) is 7.93. The maximum Gasteiger partial charge on any atom is 0.252 e. The Balaban J connectivity index is 1.96. The van der Waals surface area contributed by atoms with Gasteiger partial charge in [0.15, 0.2) is 0 Å². The molecule has 1 aromatic heterocycles. The van der Waals surface area contributed by atoms with Crippen LogP contribution in [0.4, 0.5) is 5.82 Å². The summed E-state index contributed by atoms with van der Waals surface area (Å²) in [5.41, 5.74) is 8.52. The monoisotopic (exact) mass is 288 g/mol. The van der Waals surface area contributed by atoms with Crippen LogP contribution in [0, 0.1) is 0 Å². The third-order valence-electron chi connectivity index (χ3n) is 4.70. The number of anilines is 1. The molecular formula is C16H24N4O. The molecule has 5 nitrogen and oxygen atoms in total. The number of primary amides is 1. The van der Waals surface area contributed by atoms with Gasteiger partial charge in [0, 0.05) is 25.3 Å². The van der Waals surface area contributed by atoms with Crippen LogP contribution in [0.2, 0.25) is 0 Å². The Bertz CT molecular complexity index is 537. The highest BCUT2D eigenvalue weighted by Crippen LogP contribution is 2.28. The van der Waals surface area contributed by atoms with E-state index < -0.39 is 0 Å². The number of amides is 1. The summed E-state index contributed by atoms with van der Waals surface area (Å²) < 4.78 is 0. The third kappa shape index (κ3) is 2.88. The molecule has 1 aliphatic carbocycles. The molecule has 0 bridgehead atoms. The van der Waals surface area contributed by atoms with E-state index in [4.69, 9.17) is 10.7 Å². The van der Waals surface area contributed by atoms with E-state index >= 15 is 0 Å². The van der Waals surface area contributed by atoms with Crippen molar-refractivity contribution in [2.45, 2.75) is 44.6 Å². The van der Waals surface area contributed by atoms with Crippen molar-refractivity contribution >= 4 is 11.7 Å². The lowest BCUT2D eigenvalue weighted by molar-refractivity contribution is 0.1000. The number of hydrogen-bond acceptors (Lipinski definition) is 4. The van der Waals surface area contributed by atoms with E-state index in [2.05, 4.69) is 10.2 Å². The molecule has 3 rings (SSSR count). The molecule has 0 aromatic carbocycles. The molecule has 1 aliphatic heterocycles. The summed E-state index contributed by atoms with van der Waals surface area (Å²) in [7, 11) is 2.03. The van der Waals surface area contributed by atoms with Gasteiger partial charge in [-0.15, -0.1) is 0 Å². The topological polar surface area (TPSA) is 71.2 Å². The summed E-state index contributed by atoms with van der Waals surface area (Å²) in [4.78, 5) is 18.8. The number of hydrogen-bond donors (Lipinski definition) is 2. The van der Waals surface area contributed by atoms with E-state index in [1.165, 1.54) is 18.4 Å². The molecule has 0 spiro atoms. The molecule has 1 atom stereocenters. The average molecular weight is 288 g/mol. The SMILES string of the molecule is CN(c1nc2c(cc1C(N)=O)CCCC2)C1CCCNC1. The van der Waals surface area contributed by atoms with Crippen molar-refractivity contribution in [2.24, 2.45) is 5.73 Å². The van der Waals surface area contributed by atoms with Crippen molar-refractivity contribution in [1.82, 2.24) is 10.3 Å². The van der Waals surface area contributed by atoms with Crippen molar-refractivity contribution in [2.75, 3.05) is 25.0 Å². The van der Waals surface area contributed by atoms with Crippen LogP contribution < -0.4 is 16.0 Å². The number of aromatic nitrogens is 1. The zero-order valence-electron chi connectivity index (χ0n) is 12.7. The lowest BCUT2D eigenvalue weighted by Gasteiger charge is -2.34. The molecule has 114 valence electrons. The van der Waals surface area contributed by atoms with Crippen molar-refractivity contribution in [3.8, 4) is 0 Å². The van der Waals surface area contributed by atoms with E-state index in [1.54, 1.807) is 0 Å². The fourth-order valence-electron chi connectivity index (χ4n) is 3.41. The molecule has 1 amide bonds. The molecule has 1 aromatic rings. The lowest BCUT2D eigenvalue weighted by Crippen LogP contribution is -2.45. The second-order valence-electron chi connectivity index (χ2n) is 6.15. The summed E-state index contributed by atoms with van der Waals surface area (Å²) in [6, 6.07) is 2.36. The molecule has 3 N–H and O–H groups in total. The maximum absolute atomic E-state index is 11.8. The van der Waals surface area contributed by atoms with Gasteiger partial charge in [-0.2, -0.15) is 0 Å². The number of piperidine rings is 1. The minimum absolute atomic E-state index is 0.374. The molecule has 1 fully saturated rings. The van der Waals surface area contributed by atoms with Crippen LogP contribution in [0.3, 0.4) is 0 Å². The largest absolute Gasteiger partial charge is 0.365 e. The van der Waals surface area contributed by atoms with Crippen molar-refractivity contribution in [3.05, 3.63) is 22.9 Å². The average Bonchev–Trinajstić information content (AvgIpc) is 2.53. The van der Waals surface area contributed by atoms with E-state index in [0.29, 0.717) is 11.6 Å². The van der Waals surface area contributed by atoms with Crippen molar-refractivity contribution < 1.29 is 4.79 Å². The summed E-state index contributed by atoms with van der Waals surface area (Å²) in [5, 5.41) is 3.41. The Morgan fingerprint density at radius 1 is 1.38 bits per heavy atom. The van der Waals surface area contributed by atoms with Crippen molar-refractivity contribution in [1.29, 1.82) is 0 Å². The smallest absolute Gasteiger partial charge is 0.252 e. The van der Waals surface area contributed by atoms with Gasteiger partial charge in [-0.3, -0.25) is 4.79 Å². The number of fused-ring (bicyclic) bond motifs is 1. The normalized spacial score (nSPS) is 21.7. The number of nitrogens with zero attached hydrogens (tertiary/aromatic N) is 2. The van der Waals surface area contributed by atoms with Gasteiger partial charge >= 0.3 is 0 Å². The van der Waals surface area contributed by atoms with E-state index in [0.717, 1.165) is 50.3 Å². The molecule has 1 saturated heterocycles. The summed E-state index contributed by atoms with van der Waals surface area (Å²) >= 11 is 0. The van der Waals surface area contributed by atoms with E-state index in [1.807, 2.05) is 13.1 Å². The molecule has 21 heavy (non-hydrogen) atoms. The number of rotatable bonds is 3. The number of likely N-dealkylation sites (N-methyl/N-ethyl adjacent to an activating group) is 1. The number of nitrogens with two attached hydrogens (primary N) is 1. The number of aryl methyl sites for hydroxylation is 2. The van der Waals surface area contributed by atoms with Crippen LogP contribution in [0.5, 0.6) is 0 Å². The molecule has 2 heterocycles.